The number of nitrogens with zero attached hydrogens (tertiary/aromatic N) is 1. The number of aromatic amines is 1. The summed E-state index contributed by atoms with van der Waals surface area (Å²) in [6.45, 7) is 1.63. The van der Waals surface area contributed by atoms with Crippen molar-refractivity contribution in [2.75, 3.05) is 24.2 Å². The molecule has 0 unspecified atom stereocenters. The van der Waals surface area contributed by atoms with Crippen LogP contribution >= 0.6 is 11.6 Å². The Labute approximate surface area is 129 Å². The third-order valence-corrected chi connectivity index (χ3v) is 4.81. The summed E-state index contributed by atoms with van der Waals surface area (Å²) in [6.07, 6.45) is 4.71. The van der Waals surface area contributed by atoms with Crippen LogP contribution in [0.5, 0.6) is 0 Å². The molecule has 114 valence electrons. The minimum atomic E-state index is -3.13. The number of hydrogen-bond acceptors (Lipinski definition) is 3. The van der Waals surface area contributed by atoms with Gasteiger partial charge in [-0.05, 0) is 31.0 Å². The van der Waals surface area contributed by atoms with Gasteiger partial charge in [-0.1, -0.05) is 11.6 Å². The van der Waals surface area contributed by atoms with Crippen molar-refractivity contribution in [2.24, 2.45) is 0 Å². The van der Waals surface area contributed by atoms with E-state index in [4.69, 9.17) is 11.6 Å². The number of rotatable bonds is 3. The molecule has 2 aromatic rings. The topological polar surface area (TPSA) is 65.2 Å². The second-order valence-corrected chi connectivity index (χ2v) is 7.73. The highest BCUT2D eigenvalue weighted by Gasteiger charge is 2.23. The van der Waals surface area contributed by atoms with E-state index in [1.54, 1.807) is 0 Å². The molecular weight excluding hydrogens is 310 g/mol. The molecule has 1 saturated heterocycles. The monoisotopic (exact) mass is 327 g/mol. The minimum Gasteiger partial charge on any atom is -0.371 e. The Kier molecular flexibility index (Phi) is 3.86. The summed E-state index contributed by atoms with van der Waals surface area (Å²) in [5, 5.41) is 1.85. The van der Waals surface area contributed by atoms with Gasteiger partial charge in [0, 0.05) is 46.9 Å². The molecule has 0 aliphatic carbocycles. The van der Waals surface area contributed by atoms with Gasteiger partial charge in [0.1, 0.15) is 0 Å². The number of H-pyrrole nitrogens is 1. The fraction of sp³-hybridized carbons (Fsp3) is 0.429. The maximum absolute atomic E-state index is 11.3. The average molecular weight is 328 g/mol. The van der Waals surface area contributed by atoms with Crippen molar-refractivity contribution in [1.82, 2.24) is 9.71 Å². The quantitative estimate of drug-likeness (QED) is 0.909. The number of nitrogens with one attached hydrogen (secondary N) is 2. The number of benzene rings is 1. The summed E-state index contributed by atoms with van der Waals surface area (Å²) in [7, 11) is -3.13. The van der Waals surface area contributed by atoms with Crippen LogP contribution in [0, 0.1) is 0 Å². The zero-order chi connectivity index (χ0) is 15.0. The summed E-state index contributed by atoms with van der Waals surface area (Å²) in [5.41, 5.74) is 2.13. The first-order valence-electron chi connectivity index (χ1n) is 6.91. The maximum Gasteiger partial charge on any atom is 0.208 e. The number of piperidine rings is 1. The second kappa shape index (κ2) is 5.51. The van der Waals surface area contributed by atoms with Gasteiger partial charge >= 0.3 is 0 Å². The molecule has 0 radical (unpaired) electrons. The Bertz CT molecular complexity index is 749. The first-order valence-corrected chi connectivity index (χ1v) is 9.18. The van der Waals surface area contributed by atoms with Crippen LogP contribution in [0.4, 0.5) is 5.69 Å². The second-order valence-electron chi connectivity index (χ2n) is 5.52. The van der Waals surface area contributed by atoms with Crippen molar-refractivity contribution in [2.45, 2.75) is 18.9 Å². The van der Waals surface area contributed by atoms with Gasteiger partial charge in [0.15, 0.2) is 0 Å². The molecule has 3 rings (SSSR count). The molecule has 2 N–H and O–H groups in total. The molecule has 0 atom stereocenters. The molecule has 1 fully saturated rings. The van der Waals surface area contributed by atoms with Crippen molar-refractivity contribution >= 4 is 38.2 Å². The van der Waals surface area contributed by atoms with Crippen LogP contribution in [-0.4, -0.2) is 38.8 Å². The van der Waals surface area contributed by atoms with E-state index in [0.29, 0.717) is 5.02 Å². The van der Waals surface area contributed by atoms with Crippen LogP contribution in [0.25, 0.3) is 10.9 Å². The minimum absolute atomic E-state index is 0.0251. The number of sulfonamides is 1. The lowest BCUT2D eigenvalue weighted by Crippen LogP contribution is -2.44. The molecule has 1 aliphatic rings. The molecule has 7 heteroatoms. The van der Waals surface area contributed by atoms with Gasteiger partial charge in [-0.15, -0.1) is 0 Å². The molecule has 0 spiro atoms. The van der Waals surface area contributed by atoms with Crippen LogP contribution in [-0.2, 0) is 10.0 Å². The molecule has 0 bridgehead atoms. The first kappa shape index (κ1) is 14.7. The van der Waals surface area contributed by atoms with Crippen LogP contribution in [0.2, 0.25) is 5.02 Å². The van der Waals surface area contributed by atoms with E-state index in [1.165, 1.54) is 6.26 Å². The highest BCUT2D eigenvalue weighted by atomic mass is 35.5. The first-order chi connectivity index (χ1) is 9.92. The van der Waals surface area contributed by atoms with Crippen LogP contribution in [0.1, 0.15) is 12.8 Å². The highest BCUT2D eigenvalue weighted by Crippen LogP contribution is 2.32. The molecule has 5 nitrogen and oxygen atoms in total. The van der Waals surface area contributed by atoms with Gasteiger partial charge in [0.25, 0.3) is 0 Å². The molecule has 0 saturated carbocycles. The summed E-state index contributed by atoms with van der Waals surface area (Å²) < 4.78 is 25.3. The lowest BCUT2D eigenvalue weighted by molar-refractivity contribution is 0.462. The highest BCUT2D eigenvalue weighted by molar-refractivity contribution is 7.88. The predicted molar refractivity (Wildman–Crippen MR) is 86.5 cm³/mol. The van der Waals surface area contributed by atoms with Crippen LogP contribution < -0.4 is 9.62 Å². The third-order valence-electron chi connectivity index (χ3n) is 3.83. The van der Waals surface area contributed by atoms with E-state index >= 15 is 0 Å². The van der Waals surface area contributed by atoms with Gasteiger partial charge in [0.05, 0.1) is 6.26 Å². The summed E-state index contributed by atoms with van der Waals surface area (Å²) in [4.78, 5) is 5.44. The van der Waals surface area contributed by atoms with Crippen LogP contribution in [0.3, 0.4) is 0 Å². The van der Waals surface area contributed by atoms with Gasteiger partial charge in [-0.25, -0.2) is 13.1 Å². The predicted octanol–water partition coefficient (Wildman–Crippen LogP) is 2.34. The third kappa shape index (κ3) is 3.33. The number of hydrogen-bond donors (Lipinski definition) is 2. The lowest BCUT2D eigenvalue weighted by atomic mass is 10.0. The zero-order valence-corrected chi connectivity index (χ0v) is 13.3. The van der Waals surface area contributed by atoms with Crippen molar-refractivity contribution in [3.63, 3.8) is 0 Å². The van der Waals surface area contributed by atoms with E-state index in [0.717, 1.165) is 42.5 Å². The summed E-state index contributed by atoms with van der Waals surface area (Å²) >= 11 is 6.18. The normalized spacial score (nSPS) is 17.5. The fourth-order valence-corrected chi connectivity index (χ4v) is 3.97. The Morgan fingerprint density at radius 3 is 2.71 bits per heavy atom. The molecule has 2 heterocycles. The molecule has 1 aromatic carbocycles. The van der Waals surface area contributed by atoms with Gasteiger partial charge in [-0.2, -0.15) is 0 Å². The molecular formula is C14H18ClN3O2S. The van der Waals surface area contributed by atoms with Gasteiger partial charge in [-0.3, -0.25) is 0 Å². The average Bonchev–Trinajstić information content (AvgIpc) is 2.85. The Balaban J connectivity index is 1.78. The van der Waals surface area contributed by atoms with E-state index in [1.807, 2.05) is 24.4 Å². The number of halogens is 1. The Morgan fingerprint density at radius 1 is 1.33 bits per heavy atom. The van der Waals surface area contributed by atoms with E-state index in [2.05, 4.69) is 14.6 Å². The van der Waals surface area contributed by atoms with E-state index in [9.17, 15) is 8.42 Å². The molecule has 1 aromatic heterocycles. The van der Waals surface area contributed by atoms with Crippen molar-refractivity contribution in [3.8, 4) is 0 Å². The largest absolute Gasteiger partial charge is 0.371 e. The molecule has 21 heavy (non-hydrogen) atoms. The van der Waals surface area contributed by atoms with Crippen molar-refractivity contribution in [3.05, 3.63) is 29.4 Å². The fourth-order valence-electron chi connectivity index (χ4n) is 2.92. The van der Waals surface area contributed by atoms with Crippen molar-refractivity contribution in [1.29, 1.82) is 0 Å². The van der Waals surface area contributed by atoms with E-state index < -0.39 is 10.0 Å². The van der Waals surface area contributed by atoms with Crippen LogP contribution in [0.15, 0.2) is 24.4 Å². The van der Waals surface area contributed by atoms with Crippen molar-refractivity contribution < 1.29 is 8.42 Å². The van der Waals surface area contributed by atoms with Gasteiger partial charge in [0.2, 0.25) is 10.0 Å². The summed E-state index contributed by atoms with van der Waals surface area (Å²) in [6, 6.07) is 5.96. The number of aromatic nitrogens is 1. The lowest BCUT2D eigenvalue weighted by Gasteiger charge is -2.34. The van der Waals surface area contributed by atoms with E-state index in [-0.39, 0.29) is 6.04 Å². The standard InChI is InChI=1S/C14H18ClN3O2S/c1-21(19,20)17-11-3-6-18(7-4-11)14-9-10(15)8-13-12(14)2-5-16-13/h2,5,8-9,11,16-17H,3-4,6-7H2,1H3. The Hall–Kier alpha value is -1.24. The van der Waals surface area contributed by atoms with Gasteiger partial charge < -0.3 is 9.88 Å². The number of anilines is 1. The SMILES string of the molecule is CS(=O)(=O)NC1CCN(c2cc(Cl)cc3[nH]ccc23)CC1. The smallest absolute Gasteiger partial charge is 0.208 e. The zero-order valence-electron chi connectivity index (χ0n) is 11.8. The number of fused-ring (bicyclic) bond motifs is 1. The Morgan fingerprint density at radius 2 is 2.05 bits per heavy atom. The maximum atomic E-state index is 11.3. The molecule has 0 amide bonds. The molecule has 1 aliphatic heterocycles. The summed E-state index contributed by atoms with van der Waals surface area (Å²) in [5.74, 6) is 0.